The smallest absolute Gasteiger partial charge is 0.338 e. The Balaban J connectivity index is 0.000000188. The predicted molar refractivity (Wildman–Crippen MR) is 316 cm³/mol. The Morgan fingerprint density at radius 3 is 1.26 bits per heavy atom. The monoisotopic (exact) mass is 1260 g/mol. The maximum atomic E-state index is 15.6. The number of aromatic carboxylic acids is 2. The Morgan fingerprint density at radius 1 is 0.522 bits per heavy atom. The van der Waals surface area contributed by atoms with Crippen LogP contribution in [0.15, 0.2) is 121 Å². The van der Waals surface area contributed by atoms with E-state index in [2.05, 4.69) is 19.9 Å². The quantitative estimate of drug-likeness (QED) is 0.0860. The average Bonchev–Trinajstić information content (AvgIpc) is 1.59. The Labute approximate surface area is 519 Å². The second-order valence-corrected chi connectivity index (χ2v) is 23.4. The van der Waals surface area contributed by atoms with Crippen LogP contribution in [0, 0.1) is 80.0 Å². The lowest BCUT2D eigenvalue weighted by molar-refractivity contribution is 0.0681. The van der Waals surface area contributed by atoms with E-state index in [0.29, 0.717) is 13.2 Å². The van der Waals surface area contributed by atoms with E-state index in [0.717, 1.165) is 48.5 Å². The lowest BCUT2D eigenvalue weighted by Gasteiger charge is -2.28. The first-order chi connectivity index (χ1) is 43.9. The number of benzene rings is 6. The number of pyridine rings is 2. The number of fused-ring (bicyclic) bond motifs is 2. The van der Waals surface area contributed by atoms with E-state index in [1.165, 1.54) is 72.8 Å². The summed E-state index contributed by atoms with van der Waals surface area (Å²) in [6, 6.07) is 28.7. The van der Waals surface area contributed by atoms with Crippen molar-refractivity contribution in [2.45, 2.75) is 65.8 Å². The number of ether oxygens (including phenoxy) is 4. The molecule has 12 rings (SSSR count). The molecule has 92 heavy (non-hydrogen) atoms. The molecule has 2 aliphatic heterocycles. The molecule has 0 saturated carbocycles. The molecule has 2 aliphatic rings. The van der Waals surface area contributed by atoms with Gasteiger partial charge in [0.25, 0.3) is 0 Å². The normalized spacial score (nSPS) is 15.6. The van der Waals surface area contributed by atoms with Gasteiger partial charge in [0.2, 0.25) is 11.8 Å². The molecular weight excluding hydrogens is 1210 g/mol. The van der Waals surface area contributed by atoms with Crippen LogP contribution in [-0.2, 0) is 35.5 Å². The van der Waals surface area contributed by atoms with Gasteiger partial charge in [-0.2, -0.15) is 10.5 Å². The summed E-state index contributed by atoms with van der Waals surface area (Å²) in [5, 5.41) is 36.9. The first-order valence-electron chi connectivity index (χ1n) is 28.5. The molecule has 4 aromatic heterocycles. The van der Waals surface area contributed by atoms with Crippen LogP contribution in [0.3, 0.4) is 0 Å². The fourth-order valence-corrected chi connectivity index (χ4v) is 11.2. The molecule has 2 unspecified atom stereocenters. The number of carbonyl (C=O) groups is 2. The second-order valence-electron chi connectivity index (χ2n) is 23.4. The number of carboxylic acid groups (broad SMARTS) is 2. The van der Waals surface area contributed by atoms with E-state index in [-0.39, 0.29) is 141 Å². The zero-order valence-corrected chi connectivity index (χ0v) is 49.3. The van der Waals surface area contributed by atoms with Crippen LogP contribution in [0.25, 0.3) is 44.6 Å². The first kappa shape index (κ1) is 63.0. The number of carboxylic acids is 2. The lowest BCUT2D eigenvalue weighted by atomic mass is 9.87. The van der Waals surface area contributed by atoms with Crippen LogP contribution in [0.5, 0.6) is 11.8 Å². The van der Waals surface area contributed by atoms with Crippen molar-refractivity contribution in [2.75, 3.05) is 26.4 Å². The molecule has 0 spiro atoms. The summed E-state index contributed by atoms with van der Waals surface area (Å²) >= 11 is 0. The van der Waals surface area contributed by atoms with Crippen molar-refractivity contribution in [1.82, 2.24) is 29.1 Å². The fraction of sp³-hybridized carbons (Fsp3) is 0.235. The Bertz CT molecular complexity index is 4400. The predicted octanol–water partition coefficient (Wildman–Crippen LogP) is 14.0. The van der Waals surface area contributed by atoms with Crippen LogP contribution in [0.1, 0.15) is 106 Å². The van der Waals surface area contributed by atoms with Crippen LogP contribution in [-0.4, -0.2) is 77.6 Å². The summed E-state index contributed by atoms with van der Waals surface area (Å²) < 4.78 is 148. The van der Waals surface area contributed by atoms with Crippen molar-refractivity contribution in [3.8, 4) is 46.4 Å². The largest absolute Gasteiger partial charge is 0.478 e. The van der Waals surface area contributed by atoms with Crippen LogP contribution in [0.2, 0.25) is 0 Å². The maximum Gasteiger partial charge on any atom is 0.338 e. The minimum atomic E-state index is -1.44. The van der Waals surface area contributed by atoms with Gasteiger partial charge in [-0.3, -0.25) is 0 Å². The highest BCUT2D eigenvalue weighted by Gasteiger charge is 2.42. The summed E-state index contributed by atoms with van der Waals surface area (Å²) in [6.07, 6.45) is -0.447. The fourth-order valence-electron chi connectivity index (χ4n) is 11.2. The van der Waals surface area contributed by atoms with Gasteiger partial charge in [-0.05, 0) is 96.1 Å². The zero-order chi connectivity index (χ0) is 65.5. The molecule has 16 nitrogen and oxygen atoms in total. The van der Waals surface area contributed by atoms with Gasteiger partial charge < -0.3 is 38.3 Å². The Hall–Kier alpha value is -10.6. The van der Waals surface area contributed by atoms with Gasteiger partial charge in [-0.15, -0.1) is 0 Å². The minimum absolute atomic E-state index is 0.0436. The molecule has 0 bridgehead atoms. The van der Waals surface area contributed by atoms with Gasteiger partial charge in [0.1, 0.15) is 70.8 Å². The van der Waals surface area contributed by atoms with Crippen LogP contribution < -0.4 is 9.47 Å². The topological polar surface area (TPSA) is 221 Å². The summed E-state index contributed by atoms with van der Waals surface area (Å²) in [5.41, 5.74) is -1.34. The molecule has 2 saturated heterocycles. The molecule has 10 aromatic rings. The van der Waals surface area contributed by atoms with E-state index < -0.39 is 92.5 Å². The van der Waals surface area contributed by atoms with Gasteiger partial charge in [-0.1, -0.05) is 52.0 Å². The molecule has 24 heteroatoms. The molecule has 2 fully saturated rings. The van der Waals surface area contributed by atoms with Gasteiger partial charge in [0.05, 0.1) is 95.3 Å². The maximum absolute atomic E-state index is 15.6. The molecule has 0 amide bonds. The highest BCUT2D eigenvalue weighted by molar-refractivity contribution is 5.94. The van der Waals surface area contributed by atoms with Crippen molar-refractivity contribution in [3.63, 3.8) is 0 Å². The van der Waals surface area contributed by atoms with Crippen LogP contribution >= 0.6 is 0 Å². The van der Waals surface area contributed by atoms with Crippen molar-refractivity contribution < 1.29 is 73.9 Å². The number of hydrogen-bond donors (Lipinski definition) is 2. The third-order valence-corrected chi connectivity index (χ3v) is 16.2. The number of hydrogen-bond acceptors (Lipinski definition) is 12. The zero-order valence-electron chi connectivity index (χ0n) is 49.3. The summed E-state index contributed by atoms with van der Waals surface area (Å²) in [5.74, 6) is -8.65. The molecule has 0 radical (unpaired) electrons. The average molecular weight is 1260 g/mol. The van der Waals surface area contributed by atoms with Gasteiger partial charge >= 0.3 is 11.9 Å². The second kappa shape index (κ2) is 25.4. The van der Waals surface area contributed by atoms with Crippen molar-refractivity contribution in [1.29, 1.82) is 10.5 Å². The van der Waals surface area contributed by atoms with E-state index in [4.69, 9.17) is 29.5 Å². The molecular formula is C68H52F8N8O8. The lowest BCUT2D eigenvalue weighted by Crippen LogP contribution is -2.27. The molecule has 468 valence electrons. The molecule has 0 aliphatic carbocycles. The van der Waals surface area contributed by atoms with Gasteiger partial charge in [0.15, 0.2) is 11.6 Å². The third-order valence-electron chi connectivity index (χ3n) is 16.2. The van der Waals surface area contributed by atoms with E-state index in [1.54, 1.807) is 9.13 Å². The number of imidazole rings is 2. The van der Waals surface area contributed by atoms with Crippen molar-refractivity contribution >= 4 is 34.0 Å². The number of halogens is 8. The molecule has 6 heterocycles. The summed E-state index contributed by atoms with van der Waals surface area (Å²) in [7, 11) is 0. The number of aromatic nitrogens is 6. The van der Waals surface area contributed by atoms with E-state index in [9.17, 15) is 28.6 Å². The highest BCUT2D eigenvalue weighted by atomic mass is 19.2. The number of rotatable bonds is 16. The van der Waals surface area contributed by atoms with Crippen LogP contribution in [0.4, 0.5) is 35.1 Å². The molecule has 6 aromatic carbocycles. The third kappa shape index (κ3) is 12.5. The SMILES string of the molecule is CC1(C)COCC1n1c(Cc2cc(F)c(-c3cccc(OCc4ccc(C#N)cc4F)n3)cc2F)nc2ccc(C(=O)O)c(F)c21.CC1(C)COCC1n1c(Cc2cc(F)c(-c3cccc(OCc4ccc(C#N)cc4F)n3)cc2F)nc2ccc(C(=O)O)c(F)c21. The minimum Gasteiger partial charge on any atom is -0.478 e. The molecule has 2 atom stereocenters. The Kier molecular flexibility index (Phi) is 17.4. The van der Waals surface area contributed by atoms with E-state index in [1.807, 2.05) is 39.8 Å². The van der Waals surface area contributed by atoms with E-state index >= 15 is 26.3 Å². The number of nitrogens with zero attached hydrogens (tertiary/aromatic N) is 8. The van der Waals surface area contributed by atoms with Gasteiger partial charge in [0, 0.05) is 58.1 Å². The highest BCUT2D eigenvalue weighted by Crippen LogP contribution is 2.44. The van der Waals surface area contributed by atoms with Crippen molar-refractivity contribution in [2.24, 2.45) is 10.8 Å². The molecule has 2 N–H and O–H groups in total. The summed E-state index contributed by atoms with van der Waals surface area (Å²) in [4.78, 5) is 40.9. The first-order valence-corrected chi connectivity index (χ1v) is 28.5. The summed E-state index contributed by atoms with van der Waals surface area (Å²) in [6.45, 7) is 8.35. The number of nitriles is 2. The van der Waals surface area contributed by atoms with Crippen molar-refractivity contribution in [3.05, 3.63) is 224 Å². The Morgan fingerprint density at radius 2 is 0.913 bits per heavy atom. The van der Waals surface area contributed by atoms with Gasteiger partial charge in [-0.25, -0.2) is 64.6 Å². The standard InChI is InChI=1S/2C34H26F4N4O4/c2*1-34(2)17-45-16-28(34)42-29(40-27-9-8-21(33(43)44)31(38)32(27)42)12-20-11-25(37)22(13-24(20)36)26-4-3-5-30(41-26)46-15-19-7-6-18(14-39)10-23(19)35/h2*3-11,13,28H,12,15-17H2,1-2H3,(H,43,44).